The van der Waals surface area contributed by atoms with E-state index in [1.165, 1.54) is 12.5 Å². The van der Waals surface area contributed by atoms with Gasteiger partial charge in [-0.2, -0.15) is 5.10 Å². The second-order valence-corrected chi connectivity index (χ2v) is 3.07. The lowest BCUT2D eigenvalue weighted by atomic mass is 10.4. The maximum absolute atomic E-state index is 11.3. The van der Waals surface area contributed by atoms with Crippen molar-refractivity contribution in [1.82, 2.24) is 5.43 Å². The van der Waals surface area contributed by atoms with Crippen LogP contribution in [0.4, 0.5) is 0 Å². The third-order valence-electron chi connectivity index (χ3n) is 1.88. The Hall–Kier alpha value is -2.56. The number of nitrogens with zero attached hydrogens (tertiary/aromatic N) is 1. The van der Waals surface area contributed by atoms with Crippen molar-refractivity contribution in [2.24, 2.45) is 5.10 Å². The molecule has 0 aliphatic heterocycles. The van der Waals surface area contributed by atoms with E-state index < -0.39 is 5.91 Å². The molecule has 0 saturated heterocycles. The molecule has 0 atom stereocenters. The van der Waals surface area contributed by atoms with E-state index in [2.05, 4.69) is 10.5 Å². The van der Waals surface area contributed by atoms with E-state index in [0.29, 0.717) is 5.76 Å². The number of rotatable bonds is 4. The molecular weight excluding hydrogens is 220 g/mol. The van der Waals surface area contributed by atoms with Gasteiger partial charge in [0.05, 0.1) is 12.5 Å². The molecule has 2 aromatic rings. The Morgan fingerprint density at radius 2 is 2.06 bits per heavy atom. The molecule has 0 aliphatic carbocycles. The Morgan fingerprint density at radius 3 is 2.76 bits per heavy atom. The minimum Gasteiger partial charge on any atom is -0.465 e. The molecule has 0 saturated carbocycles. The molecule has 17 heavy (non-hydrogen) atoms. The standard InChI is InChI=1S/C12H10N2O3/c15-12(11-6-3-9-17-11)14-13-7-1-4-10-5-2-8-16-10/h1-9H,(H,14,15)/b4-1-,13-7+. The maximum Gasteiger partial charge on any atom is 0.307 e. The van der Waals surface area contributed by atoms with Gasteiger partial charge in [-0.15, -0.1) is 0 Å². The van der Waals surface area contributed by atoms with Gasteiger partial charge in [0.25, 0.3) is 0 Å². The van der Waals surface area contributed by atoms with E-state index in [1.54, 1.807) is 36.6 Å². The Balaban J connectivity index is 1.80. The van der Waals surface area contributed by atoms with E-state index in [9.17, 15) is 4.79 Å². The second-order valence-electron chi connectivity index (χ2n) is 3.07. The summed E-state index contributed by atoms with van der Waals surface area (Å²) in [5, 5.41) is 3.71. The molecule has 2 heterocycles. The van der Waals surface area contributed by atoms with Crippen LogP contribution in [0.1, 0.15) is 16.3 Å². The van der Waals surface area contributed by atoms with Gasteiger partial charge >= 0.3 is 5.91 Å². The summed E-state index contributed by atoms with van der Waals surface area (Å²) in [4.78, 5) is 11.3. The second kappa shape index (κ2) is 5.50. The molecule has 0 aromatic carbocycles. The van der Waals surface area contributed by atoms with Crippen LogP contribution in [-0.4, -0.2) is 12.1 Å². The van der Waals surface area contributed by atoms with Crippen LogP contribution in [0.3, 0.4) is 0 Å². The van der Waals surface area contributed by atoms with Gasteiger partial charge in [-0.25, -0.2) is 5.43 Å². The molecule has 0 radical (unpaired) electrons. The molecule has 0 fully saturated rings. The highest BCUT2D eigenvalue weighted by molar-refractivity contribution is 5.92. The van der Waals surface area contributed by atoms with Crippen LogP contribution < -0.4 is 5.43 Å². The summed E-state index contributed by atoms with van der Waals surface area (Å²) in [6.07, 6.45) is 7.83. The van der Waals surface area contributed by atoms with Gasteiger partial charge in [0.2, 0.25) is 0 Å². The number of furan rings is 2. The summed E-state index contributed by atoms with van der Waals surface area (Å²) in [5.74, 6) is 0.545. The van der Waals surface area contributed by atoms with Crippen LogP contribution in [0, 0.1) is 0 Å². The Kier molecular flexibility index (Phi) is 3.54. The van der Waals surface area contributed by atoms with E-state index in [-0.39, 0.29) is 5.76 Å². The van der Waals surface area contributed by atoms with Gasteiger partial charge in [-0.3, -0.25) is 4.79 Å². The predicted molar refractivity (Wildman–Crippen MR) is 62.4 cm³/mol. The van der Waals surface area contributed by atoms with Gasteiger partial charge in [0.1, 0.15) is 5.76 Å². The third-order valence-corrected chi connectivity index (χ3v) is 1.88. The van der Waals surface area contributed by atoms with Crippen molar-refractivity contribution in [2.45, 2.75) is 0 Å². The Morgan fingerprint density at radius 1 is 1.24 bits per heavy atom. The number of carbonyl (C=O) groups excluding carboxylic acids is 1. The van der Waals surface area contributed by atoms with Gasteiger partial charge < -0.3 is 8.83 Å². The Labute approximate surface area is 97.4 Å². The van der Waals surface area contributed by atoms with Gasteiger partial charge in [-0.05, 0) is 36.4 Å². The fourth-order valence-corrected chi connectivity index (χ4v) is 1.13. The lowest BCUT2D eigenvalue weighted by molar-refractivity contribution is 0.0927. The van der Waals surface area contributed by atoms with Crippen LogP contribution in [-0.2, 0) is 0 Å². The first-order chi connectivity index (χ1) is 8.36. The molecule has 0 aliphatic rings. The summed E-state index contributed by atoms with van der Waals surface area (Å²) >= 11 is 0. The van der Waals surface area contributed by atoms with Crippen LogP contribution in [0.2, 0.25) is 0 Å². The SMILES string of the molecule is O=C(N/N=C/C=C\c1ccco1)c1ccco1. The van der Waals surface area contributed by atoms with Crippen molar-refractivity contribution in [1.29, 1.82) is 0 Å². The molecule has 5 heteroatoms. The highest BCUT2D eigenvalue weighted by atomic mass is 16.3. The van der Waals surface area contributed by atoms with Crippen molar-refractivity contribution in [3.8, 4) is 0 Å². The molecule has 0 unspecified atom stereocenters. The topological polar surface area (TPSA) is 67.7 Å². The first kappa shape index (κ1) is 10.9. The summed E-state index contributed by atoms with van der Waals surface area (Å²) in [5.41, 5.74) is 2.32. The molecule has 86 valence electrons. The quantitative estimate of drug-likeness (QED) is 0.647. The fourth-order valence-electron chi connectivity index (χ4n) is 1.13. The number of amides is 1. The molecule has 5 nitrogen and oxygen atoms in total. The highest BCUT2D eigenvalue weighted by Crippen LogP contribution is 2.01. The number of allylic oxidation sites excluding steroid dienone is 1. The first-order valence-electron chi connectivity index (χ1n) is 4.93. The predicted octanol–water partition coefficient (Wildman–Crippen LogP) is 2.30. The smallest absolute Gasteiger partial charge is 0.307 e. The van der Waals surface area contributed by atoms with Crippen LogP contribution in [0.25, 0.3) is 6.08 Å². The minimum atomic E-state index is -0.391. The number of hydrazone groups is 1. The van der Waals surface area contributed by atoms with Crippen molar-refractivity contribution in [2.75, 3.05) is 0 Å². The molecular formula is C12H10N2O3. The lowest BCUT2D eigenvalue weighted by Crippen LogP contribution is -2.16. The van der Waals surface area contributed by atoms with Crippen molar-refractivity contribution in [3.63, 3.8) is 0 Å². The molecule has 0 spiro atoms. The fraction of sp³-hybridized carbons (Fsp3) is 0. The maximum atomic E-state index is 11.3. The highest BCUT2D eigenvalue weighted by Gasteiger charge is 2.05. The zero-order valence-corrected chi connectivity index (χ0v) is 8.87. The molecule has 0 bridgehead atoms. The van der Waals surface area contributed by atoms with Crippen molar-refractivity contribution < 1.29 is 13.6 Å². The van der Waals surface area contributed by atoms with Crippen LogP contribution >= 0.6 is 0 Å². The number of hydrogen-bond donors (Lipinski definition) is 1. The van der Waals surface area contributed by atoms with Crippen molar-refractivity contribution >= 4 is 18.2 Å². The average molecular weight is 230 g/mol. The largest absolute Gasteiger partial charge is 0.465 e. The van der Waals surface area contributed by atoms with Crippen molar-refractivity contribution in [3.05, 3.63) is 54.4 Å². The van der Waals surface area contributed by atoms with Crippen LogP contribution in [0.15, 0.2) is 56.8 Å². The van der Waals surface area contributed by atoms with Gasteiger partial charge in [0.15, 0.2) is 5.76 Å². The van der Waals surface area contributed by atoms with Crippen LogP contribution in [0.5, 0.6) is 0 Å². The monoisotopic (exact) mass is 230 g/mol. The van der Waals surface area contributed by atoms with Gasteiger partial charge in [0, 0.05) is 6.21 Å². The van der Waals surface area contributed by atoms with E-state index in [4.69, 9.17) is 8.83 Å². The number of nitrogens with one attached hydrogen (secondary N) is 1. The Bertz CT molecular complexity index is 510. The van der Waals surface area contributed by atoms with E-state index in [0.717, 1.165) is 0 Å². The molecule has 2 rings (SSSR count). The first-order valence-corrected chi connectivity index (χ1v) is 4.93. The third kappa shape index (κ3) is 3.20. The summed E-state index contributed by atoms with van der Waals surface area (Å²) in [7, 11) is 0. The van der Waals surface area contributed by atoms with E-state index in [1.807, 2.05) is 6.07 Å². The molecule has 1 N–H and O–H groups in total. The number of hydrogen-bond acceptors (Lipinski definition) is 4. The molecule has 2 aromatic heterocycles. The summed E-state index contributed by atoms with van der Waals surface area (Å²) in [6, 6.07) is 6.79. The summed E-state index contributed by atoms with van der Waals surface area (Å²) < 4.78 is 9.96. The number of carbonyl (C=O) groups is 1. The van der Waals surface area contributed by atoms with E-state index >= 15 is 0 Å². The normalized spacial score (nSPS) is 11.3. The average Bonchev–Trinajstić information content (AvgIpc) is 3.01. The minimum absolute atomic E-state index is 0.220. The summed E-state index contributed by atoms with van der Waals surface area (Å²) in [6.45, 7) is 0. The molecule has 1 amide bonds. The lowest BCUT2D eigenvalue weighted by Gasteiger charge is -1.92. The zero-order chi connectivity index (χ0) is 11.9. The van der Waals surface area contributed by atoms with Gasteiger partial charge in [-0.1, -0.05) is 0 Å². The zero-order valence-electron chi connectivity index (χ0n) is 8.87.